The zero-order valence-electron chi connectivity index (χ0n) is 17.2. The summed E-state index contributed by atoms with van der Waals surface area (Å²) in [5.74, 6) is 0.852. The molecule has 30 heavy (non-hydrogen) atoms. The van der Waals surface area contributed by atoms with E-state index in [1.54, 1.807) is 6.08 Å². The fourth-order valence-corrected chi connectivity index (χ4v) is 3.60. The summed E-state index contributed by atoms with van der Waals surface area (Å²) in [6.45, 7) is 4.44. The molecule has 1 heterocycles. The molecule has 1 aliphatic carbocycles. The lowest BCUT2D eigenvalue weighted by molar-refractivity contribution is -0.128. The number of benzene rings is 1. The van der Waals surface area contributed by atoms with Gasteiger partial charge in [-0.25, -0.2) is 10.4 Å². The van der Waals surface area contributed by atoms with Crippen LogP contribution in [0.5, 0.6) is 5.75 Å². The van der Waals surface area contributed by atoms with Crippen molar-refractivity contribution >= 4 is 11.8 Å². The minimum Gasteiger partial charge on any atom is -0.494 e. The molecule has 0 saturated heterocycles. The molecule has 1 saturated carbocycles. The summed E-state index contributed by atoms with van der Waals surface area (Å²) in [7, 11) is 0. The summed E-state index contributed by atoms with van der Waals surface area (Å²) in [5, 5.41) is 18.4. The van der Waals surface area contributed by atoms with Gasteiger partial charge in [-0.05, 0) is 49.9 Å². The Morgan fingerprint density at radius 3 is 2.70 bits per heavy atom. The number of amides is 1. The summed E-state index contributed by atoms with van der Waals surface area (Å²) in [6, 6.07) is 7.43. The fraction of sp³-hybridized carbons (Fsp3) is 0.545. The lowest BCUT2D eigenvalue weighted by Crippen LogP contribution is -2.54. The quantitative estimate of drug-likeness (QED) is 0.261. The van der Waals surface area contributed by atoms with Crippen molar-refractivity contribution in [2.75, 3.05) is 19.8 Å². The Kier molecular flexibility index (Phi) is 7.84. The van der Waals surface area contributed by atoms with Gasteiger partial charge in [-0.1, -0.05) is 6.08 Å². The van der Waals surface area contributed by atoms with E-state index in [4.69, 9.17) is 14.6 Å². The normalized spacial score (nSPS) is 25.9. The molecule has 3 rings (SSSR count). The highest BCUT2D eigenvalue weighted by Gasteiger charge is 2.43. The third-order valence-electron chi connectivity index (χ3n) is 5.43. The van der Waals surface area contributed by atoms with Crippen LogP contribution < -0.4 is 15.6 Å². The van der Waals surface area contributed by atoms with Gasteiger partial charge in [0, 0.05) is 31.1 Å². The Bertz CT molecular complexity index is 744. The van der Waals surface area contributed by atoms with Gasteiger partial charge in [-0.15, -0.1) is 6.58 Å². The molecule has 8 nitrogen and oxygen atoms in total. The number of hydrazine groups is 1. The van der Waals surface area contributed by atoms with Crippen molar-refractivity contribution in [1.82, 2.24) is 10.9 Å². The van der Waals surface area contributed by atoms with Crippen molar-refractivity contribution in [1.29, 1.82) is 0 Å². The summed E-state index contributed by atoms with van der Waals surface area (Å²) in [5.41, 5.74) is 5.58. The van der Waals surface area contributed by atoms with Crippen LogP contribution in [-0.2, 0) is 9.53 Å². The zero-order valence-corrected chi connectivity index (χ0v) is 17.2. The number of ether oxygens (including phenoxy) is 2. The first-order valence-corrected chi connectivity index (χ1v) is 10.5. The van der Waals surface area contributed by atoms with Crippen LogP contribution in [0.4, 0.5) is 0 Å². The largest absolute Gasteiger partial charge is 0.494 e. The number of rotatable bonds is 10. The predicted octanol–water partition coefficient (Wildman–Crippen LogP) is 1.46. The maximum Gasteiger partial charge on any atom is 0.266 e. The molecular formula is C22H31N3O5. The average Bonchev–Trinajstić information content (AvgIpc) is 3.19. The minimum absolute atomic E-state index is 0.0910. The van der Waals surface area contributed by atoms with Crippen molar-refractivity contribution in [3.8, 4) is 5.75 Å². The topological polar surface area (TPSA) is 112 Å². The van der Waals surface area contributed by atoms with Crippen molar-refractivity contribution < 1.29 is 24.5 Å². The lowest BCUT2D eigenvalue weighted by atomic mass is 9.93. The molecule has 0 unspecified atom stereocenters. The second-order valence-electron chi connectivity index (χ2n) is 7.78. The Balaban J connectivity index is 1.63. The van der Waals surface area contributed by atoms with Gasteiger partial charge in [-0.2, -0.15) is 0 Å². The van der Waals surface area contributed by atoms with Gasteiger partial charge in [0.25, 0.3) is 5.91 Å². The van der Waals surface area contributed by atoms with Gasteiger partial charge in [0.2, 0.25) is 5.90 Å². The second-order valence-corrected chi connectivity index (χ2v) is 7.78. The molecule has 8 heteroatoms. The standard InChI is InChI=1S/C22H31N3O5/c1-2-12-22(21(28)25-24-17-6-8-18(27)9-7-17)15-30-20(23-22)16-4-10-19(11-5-16)29-14-3-13-26/h2,4-5,10-11,17-18,24,26-27H,1,3,6-9,12-15H2,(H,25,28)/t17?,18?,22-/m0/s1. The van der Waals surface area contributed by atoms with E-state index in [2.05, 4.69) is 22.4 Å². The summed E-state index contributed by atoms with van der Waals surface area (Å²) >= 11 is 0. The van der Waals surface area contributed by atoms with E-state index in [-0.39, 0.29) is 31.3 Å². The third kappa shape index (κ3) is 5.59. The summed E-state index contributed by atoms with van der Waals surface area (Å²) in [4.78, 5) is 17.6. The van der Waals surface area contributed by atoms with Gasteiger partial charge in [0.15, 0.2) is 5.54 Å². The molecular weight excluding hydrogens is 386 g/mol. The van der Waals surface area contributed by atoms with Crippen LogP contribution >= 0.6 is 0 Å². The predicted molar refractivity (Wildman–Crippen MR) is 113 cm³/mol. The molecule has 1 fully saturated rings. The first-order valence-electron chi connectivity index (χ1n) is 10.5. The number of nitrogens with zero attached hydrogens (tertiary/aromatic N) is 1. The minimum atomic E-state index is -1.06. The van der Waals surface area contributed by atoms with E-state index in [1.165, 1.54) is 0 Å². The number of hydrogen-bond acceptors (Lipinski definition) is 7. The Morgan fingerprint density at radius 1 is 1.30 bits per heavy atom. The van der Waals surface area contributed by atoms with Gasteiger partial charge < -0.3 is 19.7 Å². The van der Waals surface area contributed by atoms with Crippen molar-refractivity contribution in [2.45, 2.75) is 56.2 Å². The molecule has 1 aliphatic heterocycles. The van der Waals surface area contributed by atoms with Crippen molar-refractivity contribution in [3.63, 3.8) is 0 Å². The van der Waals surface area contributed by atoms with Gasteiger partial charge in [-0.3, -0.25) is 10.2 Å². The van der Waals surface area contributed by atoms with E-state index >= 15 is 0 Å². The number of carbonyl (C=O) groups excluding carboxylic acids is 1. The van der Waals surface area contributed by atoms with Gasteiger partial charge in [0.05, 0.1) is 12.7 Å². The van der Waals surface area contributed by atoms with Crippen LogP contribution in [0.3, 0.4) is 0 Å². The first kappa shape index (κ1) is 22.3. The molecule has 0 spiro atoms. The second kappa shape index (κ2) is 10.6. The fourth-order valence-electron chi connectivity index (χ4n) is 3.60. The molecule has 2 aliphatic rings. The summed E-state index contributed by atoms with van der Waals surface area (Å²) < 4.78 is 11.3. The van der Waals surface area contributed by atoms with E-state index < -0.39 is 5.54 Å². The van der Waals surface area contributed by atoms with Crippen LogP contribution in [0.1, 0.15) is 44.1 Å². The maximum atomic E-state index is 12.9. The Labute approximate surface area is 177 Å². The van der Waals surface area contributed by atoms with Crippen LogP contribution in [0.15, 0.2) is 41.9 Å². The Morgan fingerprint density at radius 2 is 2.03 bits per heavy atom. The number of aliphatic hydroxyl groups is 2. The molecule has 1 aromatic carbocycles. The number of aliphatic hydroxyl groups excluding tert-OH is 2. The van der Waals surface area contributed by atoms with Crippen LogP contribution in [-0.4, -0.2) is 59.5 Å². The van der Waals surface area contributed by atoms with E-state index in [1.807, 2.05) is 24.3 Å². The number of hydrogen-bond donors (Lipinski definition) is 4. The monoisotopic (exact) mass is 417 g/mol. The zero-order chi connectivity index (χ0) is 21.4. The highest BCUT2D eigenvalue weighted by Crippen LogP contribution is 2.27. The molecule has 1 atom stereocenters. The molecule has 0 radical (unpaired) electrons. The smallest absolute Gasteiger partial charge is 0.266 e. The van der Waals surface area contributed by atoms with Crippen LogP contribution in [0, 0.1) is 0 Å². The first-order chi connectivity index (χ1) is 14.6. The lowest BCUT2D eigenvalue weighted by Gasteiger charge is -2.28. The highest BCUT2D eigenvalue weighted by molar-refractivity contribution is 6.00. The van der Waals surface area contributed by atoms with Gasteiger partial charge in [0.1, 0.15) is 12.4 Å². The third-order valence-corrected chi connectivity index (χ3v) is 5.43. The molecule has 0 aromatic heterocycles. The SMILES string of the molecule is C=CC[C@@]1(C(=O)NNC2CCC(O)CC2)COC(c2ccc(OCCCO)cc2)=N1. The van der Waals surface area contributed by atoms with E-state index in [9.17, 15) is 9.90 Å². The van der Waals surface area contributed by atoms with Gasteiger partial charge >= 0.3 is 0 Å². The number of nitrogens with one attached hydrogen (secondary N) is 2. The molecule has 164 valence electrons. The Hall–Kier alpha value is -2.42. The van der Waals surface area contributed by atoms with E-state index in [0.29, 0.717) is 31.1 Å². The maximum absolute atomic E-state index is 12.9. The highest BCUT2D eigenvalue weighted by atomic mass is 16.5. The molecule has 1 amide bonds. The van der Waals surface area contributed by atoms with Crippen molar-refractivity contribution in [3.05, 3.63) is 42.5 Å². The number of carbonyl (C=O) groups is 1. The number of aliphatic imine (C=N–C) groups is 1. The molecule has 1 aromatic rings. The summed E-state index contributed by atoms with van der Waals surface area (Å²) in [6.07, 6.45) is 5.45. The van der Waals surface area contributed by atoms with Crippen LogP contribution in [0.25, 0.3) is 0 Å². The van der Waals surface area contributed by atoms with E-state index in [0.717, 1.165) is 31.2 Å². The van der Waals surface area contributed by atoms with Crippen molar-refractivity contribution in [2.24, 2.45) is 4.99 Å². The average molecular weight is 418 g/mol. The molecule has 0 bridgehead atoms. The molecule has 4 N–H and O–H groups in total. The van der Waals surface area contributed by atoms with Crippen LogP contribution in [0.2, 0.25) is 0 Å².